The minimum Gasteiger partial charge on any atom is -0.311 e. The topological polar surface area (TPSA) is 20.3 Å². The van der Waals surface area contributed by atoms with Crippen LogP contribution >= 0.6 is 11.3 Å². The van der Waals surface area contributed by atoms with E-state index in [-0.39, 0.29) is 5.78 Å². The third-order valence-electron chi connectivity index (χ3n) is 5.47. The number of nitrogens with zero attached hydrogens (tertiary/aromatic N) is 1. The maximum Gasteiger partial charge on any atom is 0.186 e. The summed E-state index contributed by atoms with van der Waals surface area (Å²) in [6, 6.07) is 27.4. The van der Waals surface area contributed by atoms with Crippen molar-refractivity contribution >= 4 is 40.3 Å². The number of aryl methyl sites for hydroxylation is 4. The number of benzene rings is 3. The Bertz CT molecular complexity index is 1200. The van der Waals surface area contributed by atoms with Crippen molar-refractivity contribution in [2.45, 2.75) is 27.7 Å². The van der Waals surface area contributed by atoms with Crippen LogP contribution in [0, 0.1) is 27.7 Å². The first-order chi connectivity index (χ1) is 15.4. The van der Waals surface area contributed by atoms with Gasteiger partial charge < -0.3 is 4.90 Å². The standard InChI is InChI=1S/C29H27NOS/c1-20-5-12-25(13-6-20)30(26-14-7-21(2)8-15-26)27-16-9-24(10-17-27)11-18-29(31)28-19-22(3)32-23(28)4/h5-19H,1-4H3/b18-11+. The zero-order valence-electron chi connectivity index (χ0n) is 18.9. The average Bonchev–Trinajstić information content (AvgIpc) is 3.13. The van der Waals surface area contributed by atoms with E-state index in [2.05, 4.69) is 91.5 Å². The van der Waals surface area contributed by atoms with Gasteiger partial charge in [0.15, 0.2) is 5.78 Å². The van der Waals surface area contributed by atoms with Crippen LogP contribution in [0.5, 0.6) is 0 Å². The summed E-state index contributed by atoms with van der Waals surface area (Å²) in [5.41, 5.74) is 7.57. The van der Waals surface area contributed by atoms with Gasteiger partial charge in [-0.15, -0.1) is 11.3 Å². The molecule has 0 amide bonds. The molecule has 0 radical (unpaired) electrons. The lowest BCUT2D eigenvalue weighted by atomic mass is 10.1. The predicted molar refractivity (Wildman–Crippen MR) is 138 cm³/mol. The highest BCUT2D eigenvalue weighted by molar-refractivity contribution is 7.12. The minimum absolute atomic E-state index is 0.0527. The van der Waals surface area contributed by atoms with Crippen molar-refractivity contribution in [3.63, 3.8) is 0 Å². The monoisotopic (exact) mass is 437 g/mol. The summed E-state index contributed by atoms with van der Waals surface area (Å²) in [5, 5.41) is 0. The number of ketones is 1. The van der Waals surface area contributed by atoms with Gasteiger partial charge in [-0.3, -0.25) is 4.79 Å². The summed E-state index contributed by atoms with van der Waals surface area (Å²) in [6.07, 6.45) is 3.56. The van der Waals surface area contributed by atoms with Gasteiger partial charge in [-0.05, 0) is 81.8 Å². The predicted octanol–water partition coefficient (Wildman–Crippen LogP) is 8.35. The number of carbonyl (C=O) groups is 1. The third-order valence-corrected chi connectivity index (χ3v) is 6.44. The Morgan fingerprint density at radius 1 is 0.719 bits per heavy atom. The first-order valence-electron chi connectivity index (χ1n) is 10.7. The summed E-state index contributed by atoms with van der Waals surface area (Å²) in [7, 11) is 0. The van der Waals surface area contributed by atoms with Crippen LogP contribution in [0.3, 0.4) is 0 Å². The molecule has 2 nitrogen and oxygen atoms in total. The number of rotatable bonds is 6. The van der Waals surface area contributed by atoms with Gasteiger partial charge in [0.05, 0.1) is 0 Å². The molecule has 0 aliphatic heterocycles. The number of anilines is 3. The SMILES string of the molecule is Cc1ccc(N(c2ccc(C)cc2)c2ccc(/C=C/C(=O)c3cc(C)sc3C)cc2)cc1. The van der Waals surface area contributed by atoms with Crippen LogP contribution in [-0.4, -0.2) is 5.78 Å². The van der Waals surface area contributed by atoms with Crippen LogP contribution in [0.15, 0.2) is 84.9 Å². The molecule has 0 bridgehead atoms. The zero-order valence-corrected chi connectivity index (χ0v) is 19.7. The van der Waals surface area contributed by atoms with Gasteiger partial charge in [0.2, 0.25) is 0 Å². The van der Waals surface area contributed by atoms with E-state index < -0.39 is 0 Å². The molecular formula is C29H27NOS. The summed E-state index contributed by atoms with van der Waals surface area (Å²) >= 11 is 1.66. The average molecular weight is 438 g/mol. The molecule has 3 heteroatoms. The van der Waals surface area contributed by atoms with E-state index in [9.17, 15) is 4.79 Å². The fourth-order valence-electron chi connectivity index (χ4n) is 3.71. The van der Waals surface area contributed by atoms with Gasteiger partial charge in [-0.2, -0.15) is 0 Å². The molecule has 1 heterocycles. The zero-order chi connectivity index (χ0) is 22.7. The molecule has 3 aromatic carbocycles. The Kier molecular flexibility index (Phi) is 6.38. The first-order valence-corrected chi connectivity index (χ1v) is 11.6. The Morgan fingerprint density at radius 3 is 1.62 bits per heavy atom. The molecular weight excluding hydrogens is 410 g/mol. The lowest BCUT2D eigenvalue weighted by molar-refractivity contribution is 0.104. The molecule has 160 valence electrons. The fraction of sp³-hybridized carbons (Fsp3) is 0.138. The Balaban J connectivity index is 1.62. The van der Waals surface area contributed by atoms with Crippen molar-refractivity contribution in [1.82, 2.24) is 0 Å². The summed E-state index contributed by atoms with van der Waals surface area (Å²) < 4.78 is 0. The van der Waals surface area contributed by atoms with Gasteiger partial charge in [0.25, 0.3) is 0 Å². The second-order valence-corrected chi connectivity index (χ2v) is 9.58. The largest absolute Gasteiger partial charge is 0.311 e. The summed E-state index contributed by atoms with van der Waals surface area (Å²) in [6.45, 7) is 8.23. The number of allylic oxidation sites excluding steroid dienone is 1. The Morgan fingerprint density at radius 2 is 1.19 bits per heavy atom. The lowest BCUT2D eigenvalue weighted by Gasteiger charge is -2.25. The van der Waals surface area contributed by atoms with Crippen molar-refractivity contribution in [3.05, 3.63) is 117 Å². The van der Waals surface area contributed by atoms with Crippen molar-refractivity contribution < 1.29 is 4.79 Å². The van der Waals surface area contributed by atoms with Gasteiger partial charge in [0, 0.05) is 32.4 Å². The van der Waals surface area contributed by atoms with Crippen LogP contribution in [0.2, 0.25) is 0 Å². The molecule has 32 heavy (non-hydrogen) atoms. The highest BCUT2D eigenvalue weighted by atomic mass is 32.1. The normalized spacial score (nSPS) is 11.1. The minimum atomic E-state index is 0.0527. The molecule has 0 spiro atoms. The van der Waals surface area contributed by atoms with Gasteiger partial charge in [-0.25, -0.2) is 0 Å². The Labute approximate surface area is 194 Å². The van der Waals surface area contributed by atoms with Gasteiger partial charge in [0.1, 0.15) is 0 Å². The third kappa shape index (κ3) is 4.90. The maximum absolute atomic E-state index is 12.6. The molecule has 0 aliphatic carbocycles. The van der Waals surface area contributed by atoms with E-state index in [0.717, 1.165) is 37.9 Å². The van der Waals surface area contributed by atoms with E-state index >= 15 is 0 Å². The molecule has 4 rings (SSSR count). The van der Waals surface area contributed by atoms with Crippen molar-refractivity contribution in [2.24, 2.45) is 0 Å². The molecule has 0 N–H and O–H groups in total. The van der Waals surface area contributed by atoms with Crippen molar-refractivity contribution in [3.8, 4) is 0 Å². The van der Waals surface area contributed by atoms with Crippen LogP contribution in [0.1, 0.15) is 36.8 Å². The van der Waals surface area contributed by atoms with Crippen molar-refractivity contribution in [2.75, 3.05) is 4.90 Å². The van der Waals surface area contributed by atoms with Crippen LogP contribution < -0.4 is 4.90 Å². The van der Waals surface area contributed by atoms with Crippen molar-refractivity contribution in [1.29, 1.82) is 0 Å². The first kappa shape index (κ1) is 21.8. The summed E-state index contributed by atoms with van der Waals surface area (Å²) in [5.74, 6) is 0.0527. The number of hydrogen-bond acceptors (Lipinski definition) is 3. The molecule has 0 unspecified atom stereocenters. The lowest BCUT2D eigenvalue weighted by Crippen LogP contribution is -2.09. The number of thiophene rings is 1. The number of hydrogen-bond donors (Lipinski definition) is 0. The molecule has 0 atom stereocenters. The second kappa shape index (κ2) is 9.37. The van der Waals surface area contributed by atoms with E-state index in [1.165, 1.54) is 11.1 Å². The molecule has 0 saturated carbocycles. The van der Waals surface area contributed by atoms with E-state index in [1.54, 1.807) is 17.4 Å². The van der Waals surface area contributed by atoms with Gasteiger partial charge >= 0.3 is 0 Å². The molecule has 0 fully saturated rings. The molecule has 0 saturated heterocycles. The van der Waals surface area contributed by atoms with Crippen LogP contribution in [0.25, 0.3) is 6.08 Å². The van der Waals surface area contributed by atoms with Crippen LogP contribution in [-0.2, 0) is 0 Å². The summed E-state index contributed by atoms with van der Waals surface area (Å²) in [4.78, 5) is 17.0. The molecule has 1 aromatic heterocycles. The number of carbonyl (C=O) groups excluding carboxylic acids is 1. The smallest absolute Gasteiger partial charge is 0.186 e. The molecule has 0 aliphatic rings. The second-order valence-electron chi connectivity index (χ2n) is 8.12. The van der Waals surface area contributed by atoms with E-state index in [1.807, 2.05) is 26.0 Å². The quantitative estimate of drug-likeness (QED) is 0.223. The highest BCUT2D eigenvalue weighted by Gasteiger charge is 2.12. The highest BCUT2D eigenvalue weighted by Crippen LogP contribution is 2.34. The Hall–Kier alpha value is -3.43. The van der Waals surface area contributed by atoms with E-state index in [4.69, 9.17) is 0 Å². The van der Waals surface area contributed by atoms with Gasteiger partial charge in [-0.1, -0.05) is 53.6 Å². The van der Waals surface area contributed by atoms with E-state index in [0.29, 0.717) is 0 Å². The van der Waals surface area contributed by atoms with Crippen LogP contribution in [0.4, 0.5) is 17.1 Å². The maximum atomic E-state index is 12.6. The fourth-order valence-corrected chi connectivity index (χ4v) is 4.64. The molecule has 4 aromatic rings.